The van der Waals surface area contributed by atoms with Crippen molar-refractivity contribution in [3.63, 3.8) is 0 Å². The number of nitrogens with two attached hydrogens (primary N) is 2. The zero-order valence-corrected chi connectivity index (χ0v) is 10.7. The average molecular weight is 253 g/mol. The molecule has 0 saturated carbocycles. The Morgan fingerprint density at radius 2 is 1.89 bits per heavy atom. The molecule has 3 rings (SSSR count). The van der Waals surface area contributed by atoms with E-state index in [4.69, 9.17) is 11.5 Å². The van der Waals surface area contributed by atoms with E-state index >= 15 is 0 Å². The summed E-state index contributed by atoms with van der Waals surface area (Å²) in [5, 5.41) is 0. The van der Waals surface area contributed by atoms with Crippen LogP contribution in [0.4, 0.5) is 11.4 Å². The topological polar surface area (TPSA) is 82.8 Å². The molecule has 5 heteroatoms. The first-order valence-corrected chi connectivity index (χ1v) is 6.16. The molecular weight excluding hydrogens is 238 g/mol. The van der Waals surface area contributed by atoms with Gasteiger partial charge in [-0.05, 0) is 37.3 Å². The number of fused-ring (bicyclic) bond motifs is 1. The van der Waals surface area contributed by atoms with Gasteiger partial charge in [0.1, 0.15) is 11.3 Å². The van der Waals surface area contributed by atoms with Crippen LogP contribution >= 0.6 is 0 Å². The van der Waals surface area contributed by atoms with Gasteiger partial charge >= 0.3 is 0 Å². The van der Waals surface area contributed by atoms with Gasteiger partial charge in [0, 0.05) is 29.7 Å². The summed E-state index contributed by atoms with van der Waals surface area (Å²) in [4.78, 5) is 9.01. The molecule has 3 aromatic rings. The van der Waals surface area contributed by atoms with Crippen molar-refractivity contribution in [1.29, 1.82) is 0 Å². The highest BCUT2D eigenvalue weighted by molar-refractivity contribution is 5.79. The summed E-state index contributed by atoms with van der Waals surface area (Å²) >= 11 is 0. The fourth-order valence-corrected chi connectivity index (χ4v) is 2.28. The molecule has 0 aliphatic carbocycles. The van der Waals surface area contributed by atoms with Crippen molar-refractivity contribution in [3.05, 3.63) is 36.5 Å². The van der Waals surface area contributed by atoms with Crippen LogP contribution in [0.3, 0.4) is 0 Å². The van der Waals surface area contributed by atoms with Crippen molar-refractivity contribution in [2.75, 3.05) is 11.5 Å². The van der Waals surface area contributed by atoms with Crippen molar-refractivity contribution in [2.45, 2.75) is 13.5 Å². The Bertz CT molecular complexity index is 724. The number of nitrogen functional groups attached to an aromatic ring is 2. The van der Waals surface area contributed by atoms with Crippen LogP contribution in [0.2, 0.25) is 0 Å². The lowest BCUT2D eigenvalue weighted by atomic mass is 10.1. The first-order valence-electron chi connectivity index (χ1n) is 6.16. The molecule has 0 aliphatic rings. The lowest BCUT2D eigenvalue weighted by molar-refractivity contribution is 0.787. The van der Waals surface area contributed by atoms with E-state index in [2.05, 4.69) is 21.5 Å². The molecule has 0 amide bonds. The maximum absolute atomic E-state index is 5.85. The van der Waals surface area contributed by atoms with E-state index in [0.29, 0.717) is 11.4 Å². The maximum Gasteiger partial charge on any atom is 0.160 e. The molecule has 0 spiro atoms. The quantitative estimate of drug-likeness (QED) is 0.686. The lowest BCUT2D eigenvalue weighted by Crippen LogP contribution is -2.00. The number of pyridine rings is 1. The van der Waals surface area contributed by atoms with Gasteiger partial charge in [0.05, 0.1) is 0 Å². The summed E-state index contributed by atoms with van der Waals surface area (Å²) in [5.41, 5.74) is 15.6. The molecule has 19 heavy (non-hydrogen) atoms. The zero-order valence-electron chi connectivity index (χ0n) is 10.7. The van der Waals surface area contributed by atoms with Crippen molar-refractivity contribution in [3.8, 4) is 11.4 Å². The molecule has 0 aliphatic heterocycles. The third-order valence-corrected chi connectivity index (χ3v) is 3.06. The van der Waals surface area contributed by atoms with E-state index in [1.54, 1.807) is 12.3 Å². The molecule has 0 saturated heterocycles. The minimum Gasteiger partial charge on any atom is -0.399 e. The van der Waals surface area contributed by atoms with Gasteiger partial charge in [0.2, 0.25) is 0 Å². The number of aryl methyl sites for hydroxylation is 1. The fraction of sp³-hybridized carbons (Fsp3) is 0.143. The Morgan fingerprint density at radius 3 is 2.58 bits per heavy atom. The molecule has 0 unspecified atom stereocenters. The molecule has 1 aromatic carbocycles. The molecule has 96 valence electrons. The highest BCUT2D eigenvalue weighted by Crippen LogP contribution is 2.27. The molecular formula is C14H15N5. The van der Waals surface area contributed by atoms with Crippen LogP contribution in [0.1, 0.15) is 6.92 Å². The van der Waals surface area contributed by atoms with Crippen LogP contribution in [0.25, 0.3) is 22.6 Å². The second-order valence-corrected chi connectivity index (χ2v) is 4.41. The van der Waals surface area contributed by atoms with E-state index in [1.807, 2.05) is 24.3 Å². The number of benzene rings is 1. The summed E-state index contributed by atoms with van der Waals surface area (Å²) < 4.78 is 2.06. The largest absolute Gasteiger partial charge is 0.399 e. The first kappa shape index (κ1) is 11.5. The van der Waals surface area contributed by atoms with Crippen molar-refractivity contribution >= 4 is 22.5 Å². The highest BCUT2D eigenvalue weighted by Gasteiger charge is 2.12. The predicted molar refractivity (Wildman–Crippen MR) is 77.5 cm³/mol. The van der Waals surface area contributed by atoms with Crippen molar-refractivity contribution < 1.29 is 0 Å². The van der Waals surface area contributed by atoms with Gasteiger partial charge < -0.3 is 16.0 Å². The van der Waals surface area contributed by atoms with Crippen LogP contribution in [0.15, 0.2) is 36.5 Å². The second-order valence-electron chi connectivity index (χ2n) is 4.41. The molecule has 2 heterocycles. The van der Waals surface area contributed by atoms with Gasteiger partial charge in [-0.15, -0.1) is 0 Å². The Balaban J connectivity index is 2.29. The van der Waals surface area contributed by atoms with Gasteiger partial charge in [-0.3, -0.25) is 0 Å². The number of nitrogens with zero attached hydrogens (tertiary/aromatic N) is 3. The Morgan fingerprint density at radius 1 is 1.16 bits per heavy atom. The summed E-state index contributed by atoms with van der Waals surface area (Å²) in [6.07, 6.45) is 1.77. The molecule has 0 atom stereocenters. The molecule has 0 bridgehead atoms. The summed E-state index contributed by atoms with van der Waals surface area (Å²) in [6, 6.07) is 9.33. The van der Waals surface area contributed by atoms with Crippen LogP contribution < -0.4 is 11.5 Å². The predicted octanol–water partition coefficient (Wildman–Crippen LogP) is 2.28. The van der Waals surface area contributed by atoms with Crippen molar-refractivity contribution in [2.24, 2.45) is 0 Å². The van der Waals surface area contributed by atoms with Crippen LogP contribution in [-0.4, -0.2) is 14.5 Å². The maximum atomic E-state index is 5.85. The smallest absolute Gasteiger partial charge is 0.160 e. The fourth-order valence-electron chi connectivity index (χ4n) is 2.28. The minimum atomic E-state index is 0.637. The number of aromatic nitrogens is 3. The number of hydrogen-bond acceptors (Lipinski definition) is 4. The SMILES string of the molecule is CCn1c(-c2cc(N)cc(N)c2)nc2cccnc21. The second kappa shape index (κ2) is 4.28. The zero-order chi connectivity index (χ0) is 13.4. The van der Waals surface area contributed by atoms with Gasteiger partial charge in [-0.2, -0.15) is 0 Å². The van der Waals surface area contributed by atoms with E-state index in [-0.39, 0.29) is 0 Å². The number of rotatable bonds is 2. The lowest BCUT2D eigenvalue weighted by Gasteiger charge is -2.07. The third kappa shape index (κ3) is 1.89. The number of hydrogen-bond donors (Lipinski definition) is 2. The van der Waals surface area contributed by atoms with E-state index in [1.165, 1.54) is 0 Å². The normalized spacial score (nSPS) is 11.0. The van der Waals surface area contributed by atoms with Crippen molar-refractivity contribution in [1.82, 2.24) is 14.5 Å². The minimum absolute atomic E-state index is 0.637. The van der Waals surface area contributed by atoms with Crippen LogP contribution in [0, 0.1) is 0 Å². The van der Waals surface area contributed by atoms with E-state index in [0.717, 1.165) is 29.1 Å². The summed E-state index contributed by atoms with van der Waals surface area (Å²) in [6.45, 7) is 2.85. The van der Waals surface area contributed by atoms with Gasteiger partial charge in [0.25, 0.3) is 0 Å². The standard InChI is InChI=1S/C14H15N5/c1-2-19-13(9-6-10(15)8-11(16)7-9)18-12-4-3-5-17-14(12)19/h3-8H,2,15-16H2,1H3. The summed E-state index contributed by atoms with van der Waals surface area (Å²) in [5.74, 6) is 0.843. The van der Waals surface area contributed by atoms with Crippen LogP contribution in [-0.2, 0) is 6.54 Å². The Kier molecular flexibility index (Phi) is 2.59. The van der Waals surface area contributed by atoms with Gasteiger partial charge in [-0.25, -0.2) is 9.97 Å². The van der Waals surface area contributed by atoms with E-state index in [9.17, 15) is 0 Å². The van der Waals surface area contributed by atoms with Gasteiger partial charge in [0.15, 0.2) is 5.65 Å². The average Bonchev–Trinajstić information content (AvgIpc) is 2.76. The molecule has 2 aromatic heterocycles. The first-order chi connectivity index (χ1) is 9.19. The van der Waals surface area contributed by atoms with Gasteiger partial charge in [-0.1, -0.05) is 0 Å². The molecule has 0 fully saturated rings. The highest BCUT2D eigenvalue weighted by atomic mass is 15.1. The third-order valence-electron chi connectivity index (χ3n) is 3.06. The summed E-state index contributed by atoms with van der Waals surface area (Å²) in [7, 11) is 0. The molecule has 4 N–H and O–H groups in total. The molecule has 5 nitrogen and oxygen atoms in total. The molecule has 0 radical (unpaired) electrons. The number of anilines is 2. The Hall–Kier alpha value is -2.56. The van der Waals surface area contributed by atoms with Crippen LogP contribution in [0.5, 0.6) is 0 Å². The Labute approximate surface area is 110 Å². The number of imidazole rings is 1. The van der Waals surface area contributed by atoms with E-state index < -0.39 is 0 Å². The monoisotopic (exact) mass is 253 g/mol.